The molecule has 0 aliphatic carbocycles. The van der Waals surface area contributed by atoms with Gasteiger partial charge in [-0.3, -0.25) is 4.99 Å². The maximum Gasteiger partial charge on any atom is 0.188 e. The summed E-state index contributed by atoms with van der Waals surface area (Å²) in [6.45, 7) is 1.94. The van der Waals surface area contributed by atoms with Gasteiger partial charge in [-0.05, 0) is 24.6 Å². The first kappa shape index (κ1) is 12.0. The number of hydrogen-bond acceptors (Lipinski definition) is 2. The molecule has 0 bridgehead atoms. The highest BCUT2D eigenvalue weighted by molar-refractivity contribution is 6.30. The summed E-state index contributed by atoms with van der Waals surface area (Å²) in [5, 5.41) is 3.97. The summed E-state index contributed by atoms with van der Waals surface area (Å²) < 4.78 is 0. The third kappa shape index (κ3) is 3.03. The first-order valence-corrected chi connectivity index (χ1v) is 6.06. The van der Waals surface area contributed by atoms with Crippen molar-refractivity contribution < 1.29 is 0 Å². The molecule has 5 heteroatoms. The summed E-state index contributed by atoms with van der Waals surface area (Å²) in [7, 11) is 1.69. The summed E-state index contributed by atoms with van der Waals surface area (Å²) in [5.41, 5.74) is 6.82. The molecule has 1 unspecified atom stereocenters. The average molecular weight is 253 g/mol. The van der Waals surface area contributed by atoms with E-state index in [2.05, 4.69) is 21.3 Å². The van der Waals surface area contributed by atoms with Gasteiger partial charge in [-0.15, -0.1) is 0 Å². The molecule has 1 aliphatic rings. The highest BCUT2D eigenvalue weighted by atomic mass is 35.5. The van der Waals surface area contributed by atoms with Crippen molar-refractivity contribution in [2.45, 2.75) is 12.5 Å². The standard InChI is InChI=1S/C12H17ClN4/c1-15-12(14)16-10-5-6-17(8-10)11-4-2-3-9(13)7-11/h2-4,7,10H,5-6,8H2,1H3,(H3,14,15,16). The number of nitrogens with two attached hydrogens (primary N) is 1. The first-order chi connectivity index (χ1) is 8.19. The number of nitrogens with one attached hydrogen (secondary N) is 1. The fourth-order valence-electron chi connectivity index (χ4n) is 2.06. The minimum absolute atomic E-state index is 0.359. The van der Waals surface area contributed by atoms with Crippen molar-refractivity contribution in [3.63, 3.8) is 0 Å². The van der Waals surface area contributed by atoms with E-state index in [-0.39, 0.29) is 0 Å². The molecule has 1 fully saturated rings. The van der Waals surface area contributed by atoms with Crippen molar-refractivity contribution in [3.8, 4) is 0 Å². The number of rotatable bonds is 2. The van der Waals surface area contributed by atoms with Crippen LogP contribution in [0.4, 0.5) is 5.69 Å². The third-order valence-electron chi connectivity index (χ3n) is 2.95. The van der Waals surface area contributed by atoms with Gasteiger partial charge in [0.2, 0.25) is 0 Å². The smallest absolute Gasteiger partial charge is 0.188 e. The van der Waals surface area contributed by atoms with E-state index < -0.39 is 0 Å². The van der Waals surface area contributed by atoms with Crippen LogP contribution < -0.4 is 16.0 Å². The van der Waals surface area contributed by atoms with Crippen molar-refractivity contribution in [1.82, 2.24) is 5.32 Å². The summed E-state index contributed by atoms with van der Waals surface area (Å²) >= 11 is 5.99. The normalized spacial score (nSPS) is 20.7. The van der Waals surface area contributed by atoms with Gasteiger partial charge in [0.05, 0.1) is 0 Å². The minimum Gasteiger partial charge on any atom is -0.370 e. The highest BCUT2D eigenvalue weighted by Gasteiger charge is 2.22. The van der Waals surface area contributed by atoms with Gasteiger partial charge >= 0.3 is 0 Å². The Morgan fingerprint density at radius 1 is 1.59 bits per heavy atom. The number of guanidine groups is 1. The lowest BCUT2D eigenvalue weighted by molar-refractivity contribution is 0.666. The number of nitrogens with zero attached hydrogens (tertiary/aromatic N) is 2. The second-order valence-corrected chi connectivity index (χ2v) is 4.60. The molecule has 1 heterocycles. The predicted octanol–water partition coefficient (Wildman–Crippen LogP) is 1.45. The van der Waals surface area contributed by atoms with Crippen LogP contribution in [0.1, 0.15) is 6.42 Å². The van der Waals surface area contributed by atoms with Crippen molar-refractivity contribution >= 4 is 23.2 Å². The van der Waals surface area contributed by atoms with Crippen LogP contribution in [0.5, 0.6) is 0 Å². The highest BCUT2D eigenvalue weighted by Crippen LogP contribution is 2.23. The maximum atomic E-state index is 5.99. The van der Waals surface area contributed by atoms with Gasteiger partial charge in [0, 0.05) is 36.9 Å². The Morgan fingerprint density at radius 3 is 3.12 bits per heavy atom. The molecule has 92 valence electrons. The molecule has 3 N–H and O–H groups in total. The quantitative estimate of drug-likeness (QED) is 0.619. The van der Waals surface area contributed by atoms with Crippen LogP contribution in [0, 0.1) is 0 Å². The Hall–Kier alpha value is -1.42. The maximum absolute atomic E-state index is 5.99. The Balaban J connectivity index is 1.98. The van der Waals surface area contributed by atoms with E-state index in [9.17, 15) is 0 Å². The molecule has 1 aliphatic heterocycles. The van der Waals surface area contributed by atoms with E-state index in [1.807, 2.05) is 18.2 Å². The zero-order valence-corrected chi connectivity index (χ0v) is 10.6. The van der Waals surface area contributed by atoms with Crippen LogP contribution in [-0.4, -0.2) is 32.1 Å². The molecule has 0 radical (unpaired) electrons. The SMILES string of the molecule is CN=C(N)NC1CCN(c2cccc(Cl)c2)C1. The van der Waals surface area contributed by atoms with Crippen molar-refractivity contribution in [2.75, 3.05) is 25.0 Å². The van der Waals surface area contributed by atoms with E-state index >= 15 is 0 Å². The summed E-state index contributed by atoms with van der Waals surface area (Å²) in [4.78, 5) is 6.21. The number of anilines is 1. The van der Waals surface area contributed by atoms with Gasteiger partial charge in [0.1, 0.15) is 0 Å². The van der Waals surface area contributed by atoms with Gasteiger partial charge in [0.25, 0.3) is 0 Å². The molecular formula is C12H17ClN4. The molecule has 17 heavy (non-hydrogen) atoms. The zero-order valence-electron chi connectivity index (χ0n) is 9.86. The van der Waals surface area contributed by atoms with Gasteiger partial charge in [-0.2, -0.15) is 0 Å². The molecule has 1 saturated heterocycles. The lowest BCUT2D eigenvalue weighted by Gasteiger charge is -2.19. The van der Waals surface area contributed by atoms with Gasteiger partial charge in [0.15, 0.2) is 5.96 Å². The molecule has 0 spiro atoms. The fourth-order valence-corrected chi connectivity index (χ4v) is 2.24. The molecule has 0 amide bonds. The monoisotopic (exact) mass is 252 g/mol. The first-order valence-electron chi connectivity index (χ1n) is 5.68. The fraction of sp³-hybridized carbons (Fsp3) is 0.417. The molecule has 1 aromatic rings. The Morgan fingerprint density at radius 2 is 2.41 bits per heavy atom. The van der Waals surface area contributed by atoms with E-state index in [0.717, 1.165) is 30.2 Å². The van der Waals surface area contributed by atoms with Crippen LogP contribution >= 0.6 is 11.6 Å². The Kier molecular flexibility index (Phi) is 3.74. The van der Waals surface area contributed by atoms with Crippen LogP contribution in [0.3, 0.4) is 0 Å². The van der Waals surface area contributed by atoms with E-state index in [0.29, 0.717) is 12.0 Å². The average Bonchev–Trinajstić information content (AvgIpc) is 2.77. The molecular weight excluding hydrogens is 236 g/mol. The molecule has 0 aromatic heterocycles. The number of halogens is 1. The second kappa shape index (κ2) is 5.27. The van der Waals surface area contributed by atoms with Gasteiger partial charge in [-0.25, -0.2) is 0 Å². The summed E-state index contributed by atoms with van der Waals surface area (Å²) in [6, 6.07) is 8.28. The number of aliphatic imine (C=N–C) groups is 1. The molecule has 4 nitrogen and oxygen atoms in total. The summed E-state index contributed by atoms with van der Waals surface area (Å²) in [5.74, 6) is 0.503. The summed E-state index contributed by atoms with van der Waals surface area (Å²) in [6.07, 6.45) is 1.06. The van der Waals surface area contributed by atoms with E-state index in [4.69, 9.17) is 17.3 Å². The lowest BCUT2D eigenvalue weighted by atomic mass is 10.3. The second-order valence-electron chi connectivity index (χ2n) is 4.16. The van der Waals surface area contributed by atoms with Gasteiger partial charge in [-0.1, -0.05) is 17.7 Å². The van der Waals surface area contributed by atoms with Crippen LogP contribution in [0.15, 0.2) is 29.3 Å². The number of hydrogen-bond donors (Lipinski definition) is 2. The molecule has 2 rings (SSSR count). The third-order valence-corrected chi connectivity index (χ3v) is 3.19. The number of benzene rings is 1. The van der Waals surface area contributed by atoms with E-state index in [1.54, 1.807) is 7.05 Å². The van der Waals surface area contributed by atoms with E-state index in [1.165, 1.54) is 0 Å². The van der Waals surface area contributed by atoms with Crippen LogP contribution in [0.2, 0.25) is 5.02 Å². The van der Waals surface area contributed by atoms with Crippen molar-refractivity contribution in [2.24, 2.45) is 10.7 Å². The molecule has 0 saturated carbocycles. The Bertz CT molecular complexity index is 419. The van der Waals surface area contributed by atoms with Crippen LogP contribution in [0.25, 0.3) is 0 Å². The topological polar surface area (TPSA) is 53.6 Å². The largest absolute Gasteiger partial charge is 0.370 e. The minimum atomic E-state index is 0.359. The predicted molar refractivity (Wildman–Crippen MR) is 72.8 cm³/mol. The van der Waals surface area contributed by atoms with Crippen molar-refractivity contribution in [3.05, 3.63) is 29.3 Å². The van der Waals surface area contributed by atoms with Gasteiger partial charge < -0.3 is 16.0 Å². The Labute approximate surface area is 106 Å². The molecule has 1 atom stereocenters. The lowest BCUT2D eigenvalue weighted by Crippen LogP contribution is -2.41. The van der Waals surface area contributed by atoms with Crippen LogP contribution in [-0.2, 0) is 0 Å². The molecule has 1 aromatic carbocycles. The zero-order chi connectivity index (χ0) is 12.3. The van der Waals surface area contributed by atoms with Crippen molar-refractivity contribution in [1.29, 1.82) is 0 Å².